The van der Waals surface area contributed by atoms with Crippen LogP contribution < -0.4 is 5.32 Å². The van der Waals surface area contributed by atoms with Gasteiger partial charge in [0.05, 0.1) is 12.1 Å². The third-order valence-corrected chi connectivity index (χ3v) is 5.06. The maximum Gasteiger partial charge on any atom is 0.241 e. The van der Waals surface area contributed by atoms with E-state index >= 15 is 0 Å². The first-order valence-corrected chi connectivity index (χ1v) is 8.94. The van der Waals surface area contributed by atoms with E-state index in [-0.39, 0.29) is 24.2 Å². The zero-order chi connectivity index (χ0) is 14.7. The van der Waals surface area contributed by atoms with Crippen molar-refractivity contribution < 1.29 is 9.53 Å². The first-order chi connectivity index (χ1) is 10.3. The largest absolute Gasteiger partial charge is 0.376 e. The highest BCUT2D eigenvalue weighted by atomic mass is 32.1. The van der Waals surface area contributed by atoms with E-state index in [0.29, 0.717) is 6.54 Å². The minimum Gasteiger partial charge on any atom is -0.376 e. The molecule has 5 heteroatoms. The van der Waals surface area contributed by atoms with Gasteiger partial charge in [-0.05, 0) is 48.1 Å². The fraction of sp³-hybridized carbons (Fsp3) is 0.688. The smallest absolute Gasteiger partial charge is 0.241 e. The van der Waals surface area contributed by atoms with Crippen molar-refractivity contribution in [1.82, 2.24) is 10.2 Å². The predicted octanol–water partition coefficient (Wildman–Crippen LogP) is 2.92. The predicted molar refractivity (Wildman–Crippen MR) is 84.2 cm³/mol. The lowest BCUT2D eigenvalue weighted by molar-refractivity contribution is -0.132. The van der Waals surface area contributed by atoms with Crippen molar-refractivity contribution >= 4 is 17.2 Å². The Morgan fingerprint density at radius 2 is 2.38 bits per heavy atom. The van der Waals surface area contributed by atoms with Crippen LogP contribution in [-0.4, -0.2) is 36.1 Å². The van der Waals surface area contributed by atoms with Gasteiger partial charge in [-0.15, -0.1) is 0 Å². The van der Waals surface area contributed by atoms with Gasteiger partial charge in [0.2, 0.25) is 5.91 Å². The Hall–Kier alpha value is -0.910. The normalized spacial score (nSPS) is 30.0. The molecule has 3 rings (SSSR count). The van der Waals surface area contributed by atoms with Crippen LogP contribution in [0.5, 0.6) is 0 Å². The van der Waals surface area contributed by atoms with Gasteiger partial charge in [-0.2, -0.15) is 11.3 Å². The second kappa shape index (κ2) is 6.90. The molecule has 0 bridgehead atoms. The number of amides is 1. The summed E-state index contributed by atoms with van der Waals surface area (Å²) >= 11 is 1.68. The summed E-state index contributed by atoms with van der Waals surface area (Å²) in [4.78, 5) is 14.7. The van der Waals surface area contributed by atoms with Gasteiger partial charge in [-0.25, -0.2) is 0 Å². The highest BCUT2D eigenvalue weighted by Crippen LogP contribution is 2.29. The number of rotatable bonds is 5. The number of nitrogens with one attached hydrogen (secondary N) is 1. The van der Waals surface area contributed by atoms with E-state index in [1.807, 2.05) is 4.90 Å². The Labute approximate surface area is 130 Å². The highest BCUT2D eigenvalue weighted by molar-refractivity contribution is 7.07. The topological polar surface area (TPSA) is 41.6 Å². The van der Waals surface area contributed by atoms with Gasteiger partial charge in [-0.3, -0.25) is 10.1 Å². The summed E-state index contributed by atoms with van der Waals surface area (Å²) in [7, 11) is 0. The third-order valence-electron chi connectivity index (χ3n) is 4.36. The molecule has 1 aromatic rings. The number of carbonyl (C=O) groups excluding carboxylic acids is 1. The molecule has 1 aromatic heterocycles. The molecule has 2 saturated heterocycles. The van der Waals surface area contributed by atoms with Crippen molar-refractivity contribution in [3.05, 3.63) is 22.4 Å². The van der Waals surface area contributed by atoms with Crippen molar-refractivity contribution in [2.75, 3.05) is 13.2 Å². The fourth-order valence-corrected chi connectivity index (χ4v) is 3.93. The number of ether oxygens (including phenoxy) is 1. The molecule has 1 N–H and O–H groups in total. The van der Waals surface area contributed by atoms with Crippen molar-refractivity contribution in [2.45, 2.75) is 57.3 Å². The zero-order valence-corrected chi connectivity index (χ0v) is 13.4. The Kier molecular flexibility index (Phi) is 4.93. The number of nitrogens with zero attached hydrogens (tertiary/aromatic N) is 1. The van der Waals surface area contributed by atoms with Crippen LogP contribution in [-0.2, 0) is 9.53 Å². The third kappa shape index (κ3) is 3.30. The van der Waals surface area contributed by atoms with E-state index in [9.17, 15) is 4.79 Å². The van der Waals surface area contributed by atoms with Gasteiger partial charge >= 0.3 is 0 Å². The van der Waals surface area contributed by atoms with Crippen LogP contribution in [0.3, 0.4) is 0 Å². The summed E-state index contributed by atoms with van der Waals surface area (Å²) in [6, 6.07) is 2.07. The Balaban J connectivity index is 1.74. The van der Waals surface area contributed by atoms with Crippen LogP contribution in [0.15, 0.2) is 16.8 Å². The molecule has 0 saturated carbocycles. The van der Waals surface area contributed by atoms with Crippen molar-refractivity contribution in [2.24, 2.45) is 0 Å². The second-order valence-corrected chi connectivity index (χ2v) is 6.73. The molecule has 0 spiro atoms. The molecule has 2 fully saturated rings. The van der Waals surface area contributed by atoms with E-state index in [1.165, 1.54) is 12.0 Å². The quantitative estimate of drug-likeness (QED) is 0.909. The molecule has 2 aliphatic rings. The van der Waals surface area contributed by atoms with Crippen molar-refractivity contribution in [3.8, 4) is 0 Å². The SMILES string of the molecule is CCCC1NC(c2ccsc2)N(CC2CCCCO2)C1=O. The summed E-state index contributed by atoms with van der Waals surface area (Å²) in [5, 5.41) is 7.72. The van der Waals surface area contributed by atoms with Gasteiger partial charge in [0, 0.05) is 13.2 Å². The summed E-state index contributed by atoms with van der Waals surface area (Å²) in [5.41, 5.74) is 1.20. The van der Waals surface area contributed by atoms with E-state index in [0.717, 1.165) is 32.3 Å². The van der Waals surface area contributed by atoms with Crippen molar-refractivity contribution in [3.63, 3.8) is 0 Å². The highest BCUT2D eigenvalue weighted by Gasteiger charge is 2.40. The zero-order valence-electron chi connectivity index (χ0n) is 12.6. The number of thiophene rings is 1. The minimum absolute atomic E-state index is 0.0193. The molecule has 0 radical (unpaired) electrons. The van der Waals surface area contributed by atoms with Crippen LogP contribution in [0.4, 0.5) is 0 Å². The lowest BCUT2D eigenvalue weighted by atomic mass is 10.1. The van der Waals surface area contributed by atoms with E-state index in [1.54, 1.807) is 11.3 Å². The standard InChI is InChI=1S/C16H24N2O2S/c1-2-5-14-16(19)18(10-13-6-3-4-8-20-13)15(17-14)12-7-9-21-11-12/h7,9,11,13-15,17H,2-6,8,10H2,1H3. The molecule has 4 nitrogen and oxygen atoms in total. The molecule has 3 atom stereocenters. The van der Waals surface area contributed by atoms with E-state index < -0.39 is 0 Å². The molecule has 2 aliphatic heterocycles. The van der Waals surface area contributed by atoms with E-state index in [4.69, 9.17) is 4.74 Å². The molecule has 0 aromatic carbocycles. The first-order valence-electron chi connectivity index (χ1n) is 8.00. The molecule has 0 aliphatic carbocycles. The maximum atomic E-state index is 12.7. The molecule has 3 heterocycles. The lowest BCUT2D eigenvalue weighted by Gasteiger charge is -2.30. The number of hydrogen-bond donors (Lipinski definition) is 1. The Bertz CT molecular complexity index is 457. The average molecular weight is 308 g/mol. The Morgan fingerprint density at radius 3 is 3.05 bits per heavy atom. The van der Waals surface area contributed by atoms with Gasteiger partial charge < -0.3 is 9.64 Å². The van der Waals surface area contributed by atoms with Crippen molar-refractivity contribution in [1.29, 1.82) is 0 Å². The monoisotopic (exact) mass is 308 g/mol. The number of carbonyl (C=O) groups is 1. The van der Waals surface area contributed by atoms with Crippen LogP contribution in [0, 0.1) is 0 Å². The second-order valence-electron chi connectivity index (χ2n) is 5.95. The van der Waals surface area contributed by atoms with Crippen LogP contribution in [0.25, 0.3) is 0 Å². The molecule has 3 unspecified atom stereocenters. The van der Waals surface area contributed by atoms with E-state index in [2.05, 4.69) is 29.1 Å². The fourth-order valence-electron chi connectivity index (χ4n) is 3.25. The number of hydrogen-bond acceptors (Lipinski definition) is 4. The lowest BCUT2D eigenvalue weighted by Crippen LogP contribution is -2.39. The Morgan fingerprint density at radius 1 is 1.48 bits per heavy atom. The molecule has 116 valence electrons. The molecular weight excluding hydrogens is 284 g/mol. The maximum absolute atomic E-state index is 12.7. The molecule has 1 amide bonds. The average Bonchev–Trinajstić information content (AvgIpc) is 3.12. The summed E-state index contributed by atoms with van der Waals surface area (Å²) in [6.07, 6.45) is 5.57. The van der Waals surface area contributed by atoms with Gasteiger partial charge in [0.15, 0.2) is 0 Å². The summed E-state index contributed by atoms with van der Waals surface area (Å²) < 4.78 is 5.83. The first kappa shape index (κ1) is 15.0. The van der Waals surface area contributed by atoms with Gasteiger partial charge in [0.1, 0.15) is 6.17 Å². The molecule has 21 heavy (non-hydrogen) atoms. The van der Waals surface area contributed by atoms with Gasteiger partial charge in [-0.1, -0.05) is 13.3 Å². The van der Waals surface area contributed by atoms with Gasteiger partial charge in [0.25, 0.3) is 0 Å². The minimum atomic E-state index is -0.0384. The van der Waals surface area contributed by atoms with Crippen LogP contribution >= 0.6 is 11.3 Å². The summed E-state index contributed by atoms with van der Waals surface area (Å²) in [5.74, 6) is 0.238. The van der Waals surface area contributed by atoms with Crippen LogP contribution in [0.2, 0.25) is 0 Å². The molecular formula is C16H24N2O2S. The summed E-state index contributed by atoms with van der Waals surface area (Å²) in [6.45, 7) is 3.68. The van der Waals surface area contributed by atoms with Crippen LogP contribution in [0.1, 0.15) is 50.8 Å².